The lowest BCUT2D eigenvalue weighted by atomic mass is 9.94. The topological polar surface area (TPSA) is 90.3 Å². The van der Waals surface area contributed by atoms with Crippen LogP contribution in [0, 0.1) is 6.92 Å². The van der Waals surface area contributed by atoms with Crippen LogP contribution in [0.1, 0.15) is 70.0 Å². The molecular weight excluding hydrogens is 510 g/mol. The largest absolute Gasteiger partial charge is 0.493 e. The molecule has 1 atom stereocenters. The number of hydrogen-bond donors (Lipinski definition) is 2. The van der Waals surface area contributed by atoms with Crippen LogP contribution in [0.2, 0.25) is 0 Å². The summed E-state index contributed by atoms with van der Waals surface area (Å²) in [5.41, 5.74) is 3.97. The summed E-state index contributed by atoms with van der Waals surface area (Å²) in [5, 5.41) is 11.9. The summed E-state index contributed by atoms with van der Waals surface area (Å²) in [6.45, 7) is 8.86. The number of allylic oxidation sites excluding steroid dienone is 1. The van der Waals surface area contributed by atoms with E-state index in [1.807, 2.05) is 56.3 Å². The molecule has 0 saturated heterocycles. The summed E-state index contributed by atoms with van der Waals surface area (Å²) in [6, 6.07) is 13.1. The number of anilines is 2. The third-order valence-corrected chi connectivity index (χ3v) is 7.59. The third kappa shape index (κ3) is 6.95. The van der Waals surface area contributed by atoms with E-state index < -0.39 is 6.04 Å². The summed E-state index contributed by atoms with van der Waals surface area (Å²) in [6.07, 6.45) is 5.54. The zero-order chi connectivity index (χ0) is 27.8. The molecule has 208 valence electrons. The van der Waals surface area contributed by atoms with Gasteiger partial charge in [0.05, 0.1) is 19.3 Å². The summed E-state index contributed by atoms with van der Waals surface area (Å²) < 4.78 is 13.6. The molecule has 9 heteroatoms. The number of aryl methyl sites for hydroxylation is 1. The fourth-order valence-corrected chi connectivity index (χ4v) is 5.28. The maximum atomic E-state index is 13.8. The first-order valence-corrected chi connectivity index (χ1v) is 14.7. The molecule has 39 heavy (non-hydrogen) atoms. The standard InChI is InChI=1S/C30H39N5O3S/c1-6-8-9-10-16-38-24-15-14-22(19-25(24)37-5)27-26(28(36)32-23-13-11-12-20(3)18-23)21(4)31-29-33-30(34-35(27)29)39-17-7-2/h11-15,18-19,27H,6-10,16-17H2,1-5H3,(H,32,36)(H,31,33,34). The van der Waals surface area contributed by atoms with E-state index in [0.717, 1.165) is 47.5 Å². The number of ether oxygens (including phenoxy) is 2. The molecule has 4 rings (SSSR count). The van der Waals surface area contributed by atoms with Crippen molar-refractivity contribution in [1.29, 1.82) is 0 Å². The van der Waals surface area contributed by atoms with Crippen molar-refractivity contribution in [2.75, 3.05) is 30.1 Å². The number of carbonyl (C=O) groups excluding carboxylic acids is 1. The molecule has 1 aliphatic rings. The monoisotopic (exact) mass is 549 g/mol. The highest BCUT2D eigenvalue weighted by atomic mass is 32.2. The molecule has 0 saturated carbocycles. The highest BCUT2D eigenvalue weighted by Crippen LogP contribution is 2.40. The molecule has 8 nitrogen and oxygen atoms in total. The summed E-state index contributed by atoms with van der Waals surface area (Å²) in [4.78, 5) is 18.5. The van der Waals surface area contributed by atoms with Crippen LogP contribution in [0.15, 0.2) is 58.9 Å². The molecule has 1 amide bonds. The number of thioether (sulfide) groups is 1. The summed E-state index contributed by atoms with van der Waals surface area (Å²) in [5.74, 6) is 2.64. The SMILES string of the molecule is CCCCCCOc1ccc(C2C(C(=O)Nc3cccc(C)c3)=C(C)Nc3nc(SCCC)nn32)cc1OC. The summed E-state index contributed by atoms with van der Waals surface area (Å²) in [7, 11) is 1.64. The number of rotatable bonds is 13. The van der Waals surface area contributed by atoms with Crippen LogP contribution in [0.5, 0.6) is 11.5 Å². The maximum absolute atomic E-state index is 13.8. The van der Waals surface area contributed by atoms with E-state index in [1.54, 1.807) is 23.6 Å². The molecule has 0 radical (unpaired) electrons. The first-order chi connectivity index (χ1) is 18.9. The van der Waals surface area contributed by atoms with Crippen molar-refractivity contribution in [3.8, 4) is 11.5 Å². The van der Waals surface area contributed by atoms with E-state index in [-0.39, 0.29) is 5.91 Å². The Morgan fingerprint density at radius 3 is 2.67 bits per heavy atom. The molecule has 3 aromatic rings. The Morgan fingerprint density at radius 2 is 1.92 bits per heavy atom. The maximum Gasteiger partial charge on any atom is 0.255 e. The van der Waals surface area contributed by atoms with Gasteiger partial charge >= 0.3 is 0 Å². The van der Waals surface area contributed by atoms with Crippen LogP contribution in [0.4, 0.5) is 11.6 Å². The van der Waals surface area contributed by atoms with Gasteiger partial charge in [0.1, 0.15) is 6.04 Å². The Labute approximate surface area is 235 Å². The molecule has 1 aliphatic heterocycles. The van der Waals surface area contributed by atoms with Gasteiger partial charge in [0.15, 0.2) is 11.5 Å². The van der Waals surface area contributed by atoms with Gasteiger partial charge in [-0.15, -0.1) is 5.10 Å². The molecule has 0 aliphatic carbocycles. The van der Waals surface area contributed by atoms with Crippen molar-refractivity contribution in [3.05, 3.63) is 64.9 Å². The van der Waals surface area contributed by atoms with Crippen LogP contribution >= 0.6 is 11.8 Å². The Hall–Kier alpha value is -3.46. The zero-order valence-electron chi connectivity index (χ0n) is 23.5. The van der Waals surface area contributed by atoms with Gasteiger partial charge in [-0.1, -0.05) is 63.1 Å². The number of nitrogens with zero attached hydrogens (tertiary/aromatic N) is 3. The Bertz CT molecular complexity index is 1320. The first kappa shape index (κ1) is 28.5. The average molecular weight is 550 g/mol. The van der Waals surface area contributed by atoms with Gasteiger partial charge in [-0.05, 0) is 62.1 Å². The van der Waals surface area contributed by atoms with E-state index in [2.05, 4.69) is 24.5 Å². The van der Waals surface area contributed by atoms with Crippen LogP contribution in [0.3, 0.4) is 0 Å². The van der Waals surface area contributed by atoms with Crippen molar-refractivity contribution < 1.29 is 14.3 Å². The second-order valence-corrected chi connectivity index (χ2v) is 10.8. The number of nitrogens with one attached hydrogen (secondary N) is 2. The van der Waals surface area contributed by atoms with Crippen molar-refractivity contribution in [1.82, 2.24) is 14.8 Å². The van der Waals surface area contributed by atoms with E-state index in [1.165, 1.54) is 12.8 Å². The van der Waals surface area contributed by atoms with Gasteiger partial charge in [0, 0.05) is 17.1 Å². The number of benzene rings is 2. The van der Waals surface area contributed by atoms with Crippen LogP contribution in [0.25, 0.3) is 0 Å². The highest BCUT2D eigenvalue weighted by Gasteiger charge is 2.35. The molecular formula is C30H39N5O3S. The lowest BCUT2D eigenvalue weighted by Crippen LogP contribution is -2.31. The number of amides is 1. The minimum atomic E-state index is -0.498. The Morgan fingerprint density at radius 1 is 1.08 bits per heavy atom. The average Bonchev–Trinajstić information content (AvgIpc) is 3.33. The number of unbranched alkanes of at least 4 members (excludes halogenated alkanes) is 3. The number of hydrogen-bond acceptors (Lipinski definition) is 7. The lowest BCUT2D eigenvalue weighted by Gasteiger charge is -2.29. The van der Waals surface area contributed by atoms with Gasteiger partial charge in [0.2, 0.25) is 11.1 Å². The lowest BCUT2D eigenvalue weighted by molar-refractivity contribution is -0.113. The quantitative estimate of drug-likeness (QED) is 0.175. The predicted molar refractivity (Wildman–Crippen MR) is 158 cm³/mol. The second kappa shape index (κ2) is 13.6. The van der Waals surface area contributed by atoms with Gasteiger partial charge < -0.3 is 20.1 Å². The highest BCUT2D eigenvalue weighted by molar-refractivity contribution is 7.99. The predicted octanol–water partition coefficient (Wildman–Crippen LogP) is 6.98. The van der Waals surface area contributed by atoms with Crippen LogP contribution in [-0.2, 0) is 4.79 Å². The molecule has 2 aromatic carbocycles. The molecule has 0 bridgehead atoms. The number of aromatic nitrogens is 3. The van der Waals surface area contributed by atoms with Crippen molar-refractivity contribution in [2.24, 2.45) is 0 Å². The first-order valence-electron chi connectivity index (χ1n) is 13.7. The summed E-state index contributed by atoms with van der Waals surface area (Å²) >= 11 is 1.60. The van der Waals surface area contributed by atoms with E-state index in [0.29, 0.717) is 34.8 Å². The van der Waals surface area contributed by atoms with Gasteiger partial charge in [0.25, 0.3) is 5.91 Å². The molecule has 0 fully saturated rings. The van der Waals surface area contributed by atoms with E-state index in [4.69, 9.17) is 19.6 Å². The van der Waals surface area contributed by atoms with Crippen molar-refractivity contribution in [3.63, 3.8) is 0 Å². The second-order valence-electron chi connectivity index (χ2n) is 9.72. The Balaban J connectivity index is 1.69. The number of methoxy groups -OCH3 is 1. The van der Waals surface area contributed by atoms with E-state index >= 15 is 0 Å². The molecule has 1 unspecified atom stereocenters. The fraction of sp³-hybridized carbons (Fsp3) is 0.433. The molecule has 0 spiro atoms. The van der Waals surface area contributed by atoms with Crippen LogP contribution < -0.4 is 20.1 Å². The minimum absolute atomic E-state index is 0.199. The Kier molecular flexibility index (Phi) is 9.92. The normalized spacial score (nSPS) is 14.5. The third-order valence-electron chi connectivity index (χ3n) is 6.55. The zero-order valence-corrected chi connectivity index (χ0v) is 24.4. The van der Waals surface area contributed by atoms with Gasteiger partial charge in [-0.3, -0.25) is 4.79 Å². The van der Waals surface area contributed by atoms with Crippen molar-refractivity contribution >= 4 is 29.3 Å². The molecule has 2 N–H and O–H groups in total. The minimum Gasteiger partial charge on any atom is -0.493 e. The molecule has 1 aromatic heterocycles. The van der Waals surface area contributed by atoms with Gasteiger partial charge in [-0.2, -0.15) is 4.98 Å². The molecule has 2 heterocycles. The fourth-order valence-electron chi connectivity index (χ4n) is 4.59. The van der Waals surface area contributed by atoms with Crippen LogP contribution in [-0.4, -0.2) is 40.1 Å². The van der Waals surface area contributed by atoms with E-state index in [9.17, 15) is 4.79 Å². The van der Waals surface area contributed by atoms with Crippen molar-refractivity contribution in [2.45, 2.75) is 71.0 Å². The number of fused-ring (bicyclic) bond motifs is 1. The smallest absolute Gasteiger partial charge is 0.255 e. The number of carbonyl (C=O) groups is 1. The van der Waals surface area contributed by atoms with Gasteiger partial charge in [-0.25, -0.2) is 4.68 Å².